The second-order valence-electron chi connectivity index (χ2n) is 33.9. The highest BCUT2D eigenvalue weighted by atomic mass is 16.5. The van der Waals surface area contributed by atoms with E-state index >= 15 is 0 Å². The molecule has 12 rings (SSSR count). The first-order valence-corrected chi connectivity index (χ1v) is 35.6. The summed E-state index contributed by atoms with van der Waals surface area (Å²) >= 11 is 0. The zero-order valence-corrected chi connectivity index (χ0v) is 62.5. The van der Waals surface area contributed by atoms with Crippen LogP contribution in [0.5, 0.6) is 11.5 Å². The van der Waals surface area contributed by atoms with Gasteiger partial charge in [0.1, 0.15) is 25.2 Å². The first-order valence-electron chi connectivity index (χ1n) is 35.6. The van der Waals surface area contributed by atoms with Crippen LogP contribution in [-0.4, -0.2) is 39.8 Å². The van der Waals surface area contributed by atoms with Crippen molar-refractivity contribution in [1.29, 1.82) is 0 Å². The van der Waals surface area contributed by atoms with Crippen LogP contribution in [0.2, 0.25) is 0 Å². The van der Waals surface area contributed by atoms with Crippen LogP contribution in [0, 0.1) is 0 Å². The van der Waals surface area contributed by atoms with Gasteiger partial charge in [-0.1, -0.05) is 301 Å². The first-order chi connectivity index (χ1) is 47.1. The van der Waals surface area contributed by atoms with Gasteiger partial charge in [0.25, 0.3) is 11.8 Å². The second kappa shape index (κ2) is 26.1. The van der Waals surface area contributed by atoms with Crippen LogP contribution in [0.3, 0.4) is 0 Å². The molecule has 11 aromatic rings. The minimum atomic E-state index is -0.693. The van der Waals surface area contributed by atoms with Crippen molar-refractivity contribution < 1.29 is 23.7 Å². The molecule has 2 heterocycles. The van der Waals surface area contributed by atoms with Crippen molar-refractivity contribution in [3.8, 4) is 17.2 Å². The molecule has 8 nitrogen and oxygen atoms in total. The maximum atomic E-state index is 14.6. The number of nitrogens with zero attached hydrogens (tertiary/aromatic N) is 4. The minimum absolute atomic E-state index is 0.00897. The van der Waals surface area contributed by atoms with E-state index in [9.17, 15) is 9.59 Å². The highest BCUT2D eigenvalue weighted by Crippen LogP contribution is 2.50. The Bertz CT molecular complexity index is 4470. The lowest BCUT2D eigenvalue weighted by molar-refractivity contribution is -0.660. The molecule has 10 aromatic carbocycles. The van der Waals surface area contributed by atoms with Crippen LogP contribution in [-0.2, 0) is 57.0 Å². The summed E-state index contributed by atoms with van der Waals surface area (Å²) in [5.41, 5.74) is 17.9. The number of amides is 2. The summed E-state index contributed by atoms with van der Waals surface area (Å²) in [5.74, 6) is 0.626. The second-order valence-corrected chi connectivity index (χ2v) is 33.9. The van der Waals surface area contributed by atoms with E-state index in [1.807, 2.05) is 54.3 Å². The Kier molecular flexibility index (Phi) is 18.3. The molecule has 0 bridgehead atoms. The number of ether oxygens (including phenoxy) is 2. The van der Waals surface area contributed by atoms with Crippen LogP contribution >= 0.6 is 0 Å². The molecule has 0 radical (unpaired) electrons. The number of benzene rings is 10. The molecule has 0 saturated heterocycles. The molecule has 100 heavy (non-hydrogen) atoms. The lowest BCUT2D eigenvalue weighted by atomic mass is 9.64. The van der Waals surface area contributed by atoms with E-state index in [2.05, 4.69) is 307 Å². The van der Waals surface area contributed by atoms with Crippen LogP contribution in [0.4, 0.5) is 0 Å². The number of imide groups is 1. The fourth-order valence-electron chi connectivity index (χ4n) is 14.6. The summed E-state index contributed by atoms with van der Waals surface area (Å²) in [4.78, 5) is 30.5. The molecule has 1 aliphatic heterocycles. The first kappa shape index (κ1) is 70.2. The Balaban J connectivity index is 0.789. The van der Waals surface area contributed by atoms with Crippen LogP contribution in [0.1, 0.15) is 229 Å². The average Bonchev–Trinajstić information content (AvgIpc) is 0.748. The van der Waals surface area contributed by atoms with Gasteiger partial charge in [-0.2, -0.15) is 0 Å². The van der Waals surface area contributed by atoms with E-state index in [-0.39, 0.29) is 64.1 Å². The number of carbonyl (C=O) groups excluding carboxylic acids is 2. The number of carbonyl (C=O) groups is 2. The summed E-state index contributed by atoms with van der Waals surface area (Å²) in [6, 6.07) is 81.5. The van der Waals surface area contributed by atoms with Crippen LogP contribution in [0.15, 0.2) is 231 Å². The van der Waals surface area contributed by atoms with Crippen molar-refractivity contribution in [3.05, 3.63) is 325 Å². The molecule has 0 unspecified atom stereocenters. The van der Waals surface area contributed by atoms with Crippen molar-refractivity contribution in [2.45, 2.75) is 175 Å². The topological polar surface area (TPSA) is 77.5 Å². The predicted molar refractivity (Wildman–Crippen MR) is 409 cm³/mol. The smallest absolute Gasteiger partial charge is 0.261 e. The Morgan fingerprint density at radius 3 is 0.930 bits per heavy atom. The van der Waals surface area contributed by atoms with Crippen molar-refractivity contribution in [2.75, 3.05) is 13.2 Å². The Morgan fingerprint density at radius 1 is 0.340 bits per heavy atom. The molecule has 1 aromatic heterocycles. The normalized spacial score (nSPS) is 13.5. The molecular weight excluding hydrogens is 1230 g/mol. The fraction of sp³-hybridized carbons (Fsp3) is 0.326. The van der Waals surface area contributed by atoms with Gasteiger partial charge in [-0.25, -0.2) is 0 Å². The molecule has 0 atom stereocenters. The summed E-state index contributed by atoms with van der Waals surface area (Å²) in [6.07, 6.45) is 1.95. The molecule has 512 valence electrons. The van der Waals surface area contributed by atoms with E-state index < -0.39 is 10.8 Å². The SMILES string of the molecule is Cn1n[n+](-c2ccc3c4c(cccc24)C(=O)N(CCOc2ccc(C(c4ccc(C(C)(C)C)cc4)(c4ccc(C(C)(C)C)cc4)c4ccc(C(C)(C)C)cc4)cc2)C3=O)cc1COc1ccc(C(c2ccc(C(C)(C)C)cc2)(c2ccc(C(C)(C)C)cc2)c2ccc(C(C)(C)C)cc2)cc1. The number of hydrogen-bond acceptors (Lipinski definition) is 5. The van der Waals surface area contributed by atoms with E-state index in [1.165, 1.54) is 55.0 Å². The maximum Gasteiger partial charge on any atom is 0.261 e. The molecule has 0 saturated carbocycles. The van der Waals surface area contributed by atoms with E-state index in [4.69, 9.17) is 14.7 Å². The van der Waals surface area contributed by atoms with E-state index in [0.717, 1.165) is 50.3 Å². The minimum Gasteiger partial charge on any atom is -0.492 e. The molecule has 0 spiro atoms. The van der Waals surface area contributed by atoms with Gasteiger partial charge in [-0.3, -0.25) is 14.5 Å². The molecule has 0 fully saturated rings. The van der Waals surface area contributed by atoms with Crippen molar-refractivity contribution >= 4 is 22.6 Å². The molecule has 0 N–H and O–H groups in total. The van der Waals surface area contributed by atoms with Gasteiger partial charge in [-0.05, 0) is 159 Å². The van der Waals surface area contributed by atoms with Gasteiger partial charge in [0.2, 0.25) is 5.69 Å². The van der Waals surface area contributed by atoms with Crippen LogP contribution < -0.4 is 14.2 Å². The fourth-order valence-corrected chi connectivity index (χ4v) is 14.6. The molecule has 2 amide bonds. The van der Waals surface area contributed by atoms with E-state index in [1.54, 1.807) is 10.7 Å². The monoisotopic (exact) mass is 1330 g/mol. The quantitative estimate of drug-likeness (QED) is 0.0547. The Hall–Kier alpha value is -9.66. The molecular formula is C92H101N4O4+. The van der Waals surface area contributed by atoms with Gasteiger partial charge >= 0.3 is 0 Å². The summed E-state index contributed by atoms with van der Waals surface area (Å²) in [5, 5.41) is 6.28. The number of aryl methyl sites for hydroxylation is 1. The predicted octanol–water partition coefficient (Wildman–Crippen LogP) is 20.7. The van der Waals surface area contributed by atoms with Crippen molar-refractivity contribution in [2.24, 2.45) is 7.05 Å². The molecule has 1 aliphatic rings. The molecule has 8 heteroatoms. The lowest BCUT2D eigenvalue weighted by Gasteiger charge is -2.38. The van der Waals surface area contributed by atoms with Crippen molar-refractivity contribution in [3.63, 3.8) is 0 Å². The number of aromatic nitrogens is 3. The van der Waals surface area contributed by atoms with Gasteiger partial charge in [-0.15, -0.1) is 9.36 Å². The summed E-state index contributed by atoms with van der Waals surface area (Å²) in [6.45, 7) is 41.1. The third kappa shape index (κ3) is 13.4. The number of hydrogen-bond donors (Lipinski definition) is 0. The van der Waals surface area contributed by atoms with Gasteiger partial charge < -0.3 is 9.47 Å². The Labute approximate surface area is 595 Å². The van der Waals surface area contributed by atoms with E-state index in [0.29, 0.717) is 22.3 Å². The van der Waals surface area contributed by atoms with Crippen LogP contribution in [0.25, 0.3) is 16.5 Å². The third-order valence-corrected chi connectivity index (χ3v) is 20.8. The highest BCUT2D eigenvalue weighted by molar-refractivity contribution is 6.26. The zero-order valence-electron chi connectivity index (χ0n) is 62.5. The lowest BCUT2D eigenvalue weighted by Crippen LogP contribution is -2.43. The van der Waals surface area contributed by atoms with Crippen molar-refractivity contribution in [1.82, 2.24) is 14.8 Å². The van der Waals surface area contributed by atoms with Gasteiger partial charge in [0.15, 0.2) is 18.5 Å². The Morgan fingerprint density at radius 2 is 0.620 bits per heavy atom. The summed E-state index contributed by atoms with van der Waals surface area (Å²) < 4.78 is 16.7. The zero-order chi connectivity index (χ0) is 71.7. The van der Waals surface area contributed by atoms with Gasteiger partial charge in [0, 0.05) is 21.9 Å². The third-order valence-electron chi connectivity index (χ3n) is 20.8. The molecule has 0 aliphatic carbocycles. The number of rotatable bonds is 16. The highest BCUT2D eigenvalue weighted by Gasteiger charge is 2.42. The average molecular weight is 1330 g/mol. The maximum absolute atomic E-state index is 14.6. The summed E-state index contributed by atoms with van der Waals surface area (Å²) in [7, 11) is 1.90. The standard InChI is InChI=1S/C92H101N4O4/c1-85(2,3)61-23-35-67(36-24-61)91(68-37-25-62(26-38-68)86(4,5)6,69-39-27-63(28-40-69)87(7,8)9)73-47-51-76(52-48-73)99-58-57-95-83(97)79-22-20-21-78-81(56-55-80(82(78)79)84(95)98)96-59-75(94(19)93-96)60-100-77-53-49-74(50-54-77)92(70-41-29-64(30-42-70)88(10,11)12,71-43-31-65(32-44-71)89(13,14)15)72-45-33-66(34-46-72)90(16,17)18/h20-56,59H,57-58,60H2,1-19H3/q+1. The largest absolute Gasteiger partial charge is 0.492 e. The van der Waals surface area contributed by atoms with Gasteiger partial charge in [0.05, 0.1) is 22.6 Å².